The van der Waals surface area contributed by atoms with Crippen LogP contribution < -0.4 is 5.32 Å². The minimum Gasteiger partial charge on any atom is -0.376 e. The second kappa shape index (κ2) is 9.03. The summed E-state index contributed by atoms with van der Waals surface area (Å²) in [5, 5.41) is 6.69. The van der Waals surface area contributed by atoms with Crippen LogP contribution >= 0.6 is 0 Å². The summed E-state index contributed by atoms with van der Waals surface area (Å²) < 4.78 is 10.5. The predicted octanol–water partition coefficient (Wildman–Crippen LogP) is 3.08. The van der Waals surface area contributed by atoms with Crippen LogP contribution in [0, 0.1) is 0 Å². The lowest BCUT2D eigenvalue weighted by Gasteiger charge is -2.24. The highest BCUT2D eigenvalue weighted by Crippen LogP contribution is 2.14. The van der Waals surface area contributed by atoms with Crippen molar-refractivity contribution >= 4 is 12.1 Å². The molecule has 1 aliphatic heterocycles. The van der Waals surface area contributed by atoms with E-state index < -0.39 is 0 Å². The summed E-state index contributed by atoms with van der Waals surface area (Å²) in [6.07, 6.45) is 7.68. The van der Waals surface area contributed by atoms with Gasteiger partial charge in [0.1, 0.15) is 12.0 Å². The van der Waals surface area contributed by atoms with Crippen molar-refractivity contribution in [3.8, 4) is 0 Å². The third-order valence-electron chi connectivity index (χ3n) is 4.08. The molecule has 132 valence electrons. The fourth-order valence-corrected chi connectivity index (χ4v) is 2.76. The third kappa shape index (κ3) is 5.46. The Morgan fingerprint density at radius 1 is 1.32 bits per heavy atom. The summed E-state index contributed by atoms with van der Waals surface area (Å²) in [6.45, 7) is 2.24. The molecule has 0 saturated carbocycles. The number of benzene rings is 1. The van der Waals surface area contributed by atoms with Gasteiger partial charge in [-0.3, -0.25) is 0 Å². The Labute approximate surface area is 147 Å². The number of amides is 2. The molecule has 0 aliphatic carbocycles. The first-order chi connectivity index (χ1) is 12.3. The summed E-state index contributed by atoms with van der Waals surface area (Å²) in [6, 6.07) is 11.6. The molecule has 0 spiro atoms. The lowest BCUT2D eigenvalue weighted by Crippen LogP contribution is -2.43. The first-order valence-corrected chi connectivity index (χ1v) is 8.56. The van der Waals surface area contributed by atoms with Gasteiger partial charge in [0.15, 0.2) is 0 Å². The quantitative estimate of drug-likeness (QED) is 0.840. The van der Waals surface area contributed by atoms with Crippen molar-refractivity contribution in [1.82, 2.24) is 15.4 Å². The van der Waals surface area contributed by atoms with Crippen molar-refractivity contribution in [2.45, 2.75) is 25.5 Å². The SMILES string of the molecule is O=C(NCc1ccon1)N(CC=Cc1ccccc1)CC1CCCO1. The third-order valence-corrected chi connectivity index (χ3v) is 4.08. The fraction of sp³-hybridized carbons (Fsp3) is 0.368. The Kier molecular flexibility index (Phi) is 6.23. The van der Waals surface area contributed by atoms with E-state index in [1.807, 2.05) is 42.5 Å². The maximum absolute atomic E-state index is 12.5. The van der Waals surface area contributed by atoms with Crippen molar-refractivity contribution in [2.75, 3.05) is 19.7 Å². The Bertz CT molecular complexity index is 664. The topological polar surface area (TPSA) is 67.6 Å². The van der Waals surface area contributed by atoms with Crippen molar-refractivity contribution < 1.29 is 14.1 Å². The molecule has 1 aromatic carbocycles. The average molecular weight is 341 g/mol. The van der Waals surface area contributed by atoms with Gasteiger partial charge in [0.25, 0.3) is 0 Å². The van der Waals surface area contributed by atoms with Gasteiger partial charge in [-0.1, -0.05) is 47.6 Å². The zero-order chi connectivity index (χ0) is 17.3. The van der Waals surface area contributed by atoms with Crippen LogP contribution in [-0.4, -0.2) is 41.9 Å². The van der Waals surface area contributed by atoms with Gasteiger partial charge in [-0.2, -0.15) is 0 Å². The molecule has 2 aromatic rings. The Morgan fingerprint density at radius 3 is 2.92 bits per heavy atom. The zero-order valence-electron chi connectivity index (χ0n) is 14.1. The average Bonchev–Trinajstić information content (AvgIpc) is 3.33. The maximum atomic E-state index is 12.5. The summed E-state index contributed by atoms with van der Waals surface area (Å²) in [7, 11) is 0. The van der Waals surface area contributed by atoms with Crippen LogP contribution in [0.15, 0.2) is 53.3 Å². The van der Waals surface area contributed by atoms with E-state index in [1.54, 1.807) is 11.0 Å². The maximum Gasteiger partial charge on any atom is 0.318 e. The minimum atomic E-state index is -0.129. The van der Waals surface area contributed by atoms with Crippen LogP contribution in [-0.2, 0) is 11.3 Å². The molecule has 1 N–H and O–H groups in total. The number of ether oxygens (including phenoxy) is 1. The van der Waals surface area contributed by atoms with Gasteiger partial charge >= 0.3 is 6.03 Å². The Balaban J connectivity index is 1.57. The second-order valence-corrected chi connectivity index (χ2v) is 6.00. The molecular formula is C19H23N3O3. The van der Waals surface area contributed by atoms with Gasteiger partial charge in [0.05, 0.1) is 12.6 Å². The Morgan fingerprint density at radius 2 is 2.20 bits per heavy atom. The highest BCUT2D eigenvalue weighted by Gasteiger charge is 2.21. The van der Waals surface area contributed by atoms with E-state index in [1.165, 1.54) is 6.26 Å². The lowest BCUT2D eigenvalue weighted by atomic mass is 10.2. The second-order valence-electron chi connectivity index (χ2n) is 6.00. The van der Waals surface area contributed by atoms with E-state index in [0.717, 1.165) is 25.0 Å². The van der Waals surface area contributed by atoms with Gasteiger partial charge in [-0.05, 0) is 18.4 Å². The van der Waals surface area contributed by atoms with Crippen LogP contribution in [0.3, 0.4) is 0 Å². The summed E-state index contributed by atoms with van der Waals surface area (Å²) in [5.41, 5.74) is 1.81. The van der Waals surface area contributed by atoms with Crippen LogP contribution in [0.5, 0.6) is 0 Å². The summed E-state index contributed by atoms with van der Waals surface area (Å²) >= 11 is 0. The van der Waals surface area contributed by atoms with Crippen LogP contribution in [0.2, 0.25) is 0 Å². The minimum absolute atomic E-state index is 0.114. The number of carbonyl (C=O) groups excluding carboxylic acids is 1. The number of nitrogens with zero attached hydrogens (tertiary/aromatic N) is 2. The summed E-state index contributed by atoms with van der Waals surface area (Å²) in [5.74, 6) is 0. The standard InChI is InChI=1S/C19H23N3O3/c23-19(20-14-17-10-13-25-21-17)22(15-18-9-5-12-24-18)11-4-8-16-6-2-1-3-7-16/h1-4,6-8,10,13,18H,5,9,11-12,14-15H2,(H,20,23). The molecular weight excluding hydrogens is 318 g/mol. The number of urea groups is 1. The fourth-order valence-electron chi connectivity index (χ4n) is 2.76. The molecule has 0 radical (unpaired) electrons. The van der Waals surface area contributed by atoms with E-state index >= 15 is 0 Å². The van der Waals surface area contributed by atoms with Gasteiger partial charge < -0.3 is 19.5 Å². The predicted molar refractivity (Wildman–Crippen MR) is 94.8 cm³/mol. The first kappa shape index (κ1) is 17.2. The molecule has 3 rings (SSSR count). The first-order valence-electron chi connectivity index (χ1n) is 8.56. The van der Waals surface area contributed by atoms with Crippen LogP contribution in [0.1, 0.15) is 24.1 Å². The monoisotopic (exact) mass is 341 g/mol. The number of aromatic nitrogens is 1. The Hall–Kier alpha value is -2.60. The van der Waals surface area contributed by atoms with E-state index in [9.17, 15) is 4.79 Å². The molecule has 6 heteroatoms. The molecule has 1 aliphatic rings. The highest BCUT2D eigenvalue weighted by atomic mass is 16.5. The molecule has 0 bridgehead atoms. The molecule has 2 amide bonds. The van der Waals surface area contributed by atoms with Gasteiger partial charge in [-0.25, -0.2) is 4.79 Å². The molecule has 1 atom stereocenters. The normalized spacial score (nSPS) is 17.0. The van der Waals surface area contributed by atoms with Crippen molar-refractivity contribution in [3.05, 3.63) is 60.0 Å². The number of nitrogens with one attached hydrogen (secondary N) is 1. The van der Waals surface area contributed by atoms with Crippen molar-refractivity contribution in [3.63, 3.8) is 0 Å². The number of rotatable bonds is 7. The molecule has 2 heterocycles. The number of hydrogen-bond donors (Lipinski definition) is 1. The molecule has 1 fully saturated rings. The van der Waals surface area contributed by atoms with E-state index in [4.69, 9.17) is 9.26 Å². The van der Waals surface area contributed by atoms with Gasteiger partial charge in [0.2, 0.25) is 0 Å². The van der Waals surface area contributed by atoms with E-state index in [0.29, 0.717) is 25.3 Å². The molecule has 1 unspecified atom stereocenters. The largest absolute Gasteiger partial charge is 0.376 e. The molecule has 1 aromatic heterocycles. The lowest BCUT2D eigenvalue weighted by molar-refractivity contribution is 0.0841. The van der Waals surface area contributed by atoms with Gasteiger partial charge in [-0.15, -0.1) is 0 Å². The van der Waals surface area contributed by atoms with Crippen LogP contribution in [0.4, 0.5) is 4.79 Å². The number of carbonyl (C=O) groups is 1. The van der Waals surface area contributed by atoms with Crippen LogP contribution in [0.25, 0.3) is 6.08 Å². The molecule has 1 saturated heterocycles. The van der Waals surface area contributed by atoms with Crippen molar-refractivity contribution in [2.24, 2.45) is 0 Å². The van der Waals surface area contributed by atoms with E-state index in [2.05, 4.69) is 10.5 Å². The van der Waals surface area contributed by atoms with Crippen molar-refractivity contribution in [1.29, 1.82) is 0 Å². The number of hydrogen-bond acceptors (Lipinski definition) is 4. The smallest absolute Gasteiger partial charge is 0.318 e. The molecule has 6 nitrogen and oxygen atoms in total. The highest BCUT2D eigenvalue weighted by molar-refractivity contribution is 5.74. The zero-order valence-corrected chi connectivity index (χ0v) is 14.1. The van der Waals surface area contributed by atoms with E-state index in [-0.39, 0.29) is 12.1 Å². The summed E-state index contributed by atoms with van der Waals surface area (Å²) in [4.78, 5) is 14.3. The molecule has 25 heavy (non-hydrogen) atoms. The van der Waals surface area contributed by atoms with Gasteiger partial charge in [0, 0.05) is 25.8 Å².